The Morgan fingerprint density at radius 1 is 1.32 bits per heavy atom. The van der Waals surface area contributed by atoms with Gasteiger partial charge < -0.3 is 0 Å². The maximum absolute atomic E-state index is 12.2. The van der Waals surface area contributed by atoms with Crippen molar-refractivity contribution in [1.82, 2.24) is 9.78 Å². The average Bonchev–Trinajstić information content (AvgIpc) is 2.63. The lowest BCUT2D eigenvalue weighted by atomic mass is 10.3. The van der Waals surface area contributed by atoms with Gasteiger partial charge in [-0.25, -0.2) is 0 Å². The SMILES string of the molecule is Cn1ncc(Cl)c1S(=O)(=O)Nc1ccc(I)cc1Cl. The molecule has 0 radical (unpaired) electrons. The Morgan fingerprint density at radius 2 is 2.00 bits per heavy atom. The first-order chi connectivity index (χ1) is 8.81. The Morgan fingerprint density at radius 3 is 2.53 bits per heavy atom. The van der Waals surface area contributed by atoms with Crippen molar-refractivity contribution in [3.05, 3.63) is 38.0 Å². The first-order valence-corrected chi connectivity index (χ1v) is 8.28. The molecule has 0 atom stereocenters. The van der Waals surface area contributed by atoms with Crippen molar-refractivity contribution < 1.29 is 8.42 Å². The predicted molar refractivity (Wildman–Crippen MR) is 83.2 cm³/mol. The second-order valence-corrected chi connectivity index (χ2v) is 7.31. The molecule has 5 nitrogen and oxygen atoms in total. The third kappa shape index (κ3) is 3.15. The van der Waals surface area contributed by atoms with Gasteiger partial charge in [-0.15, -0.1) is 0 Å². The Kier molecular flexibility index (Phi) is 4.29. The van der Waals surface area contributed by atoms with Crippen LogP contribution in [0.15, 0.2) is 29.4 Å². The summed E-state index contributed by atoms with van der Waals surface area (Å²) in [5.41, 5.74) is 0.291. The number of nitrogens with one attached hydrogen (secondary N) is 1. The van der Waals surface area contributed by atoms with E-state index in [1.54, 1.807) is 18.2 Å². The van der Waals surface area contributed by atoms with E-state index in [4.69, 9.17) is 23.2 Å². The Bertz CT molecular complexity index is 711. The second-order valence-electron chi connectivity index (χ2n) is 3.65. The molecule has 1 heterocycles. The zero-order valence-electron chi connectivity index (χ0n) is 9.56. The van der Waals surface area contributed by atoms with Gasteiger partial charge in [-0.2, -0.15) is 13.5 Å². The first-order valence-electron chi connectivity index (χ1n) is 4.96. The number of benzene rings is 1. The second kappa shape index (κ2) is 5.47. The van der Waals surface area contributed by atoms with Gasteiger partial charge in [0.2, 0.25) is 0 Å². The molecule has 0 amide bonds. The lowest BCUT2D eigenvalue weighted by Crippen LogP contribution is -2.17. The fourth-order valence-corrected chi connectivity index (χ4v) is 4.17. The van der Waals surface area contributed by atoms with Gasteiger partial charge in [-0.3, -0.25) is 9.40 Å². The number of aryl methyl sites for hydroxylation is 1. The Hall–Kier alpha value is -0.510. The smallest absolute Gasteiger partial charge is 0.277 e. The van der Waals surface area contributed by atoms with E-state index < -0.39 is 10.0 Å². The van der Waals surface area contributed by atoms with Crippen LogP contribution in [0.25, 0.3) is 0 Å². The molecular formula is C10H8Cl2IN3O2S. The van der Waals surface area contributed by atoms with Gasteiger partial charge in [0, 0.05) is 10.6 Å². The third-order valence-electron chi connectivity index (χ3n) is 2.27. The van der Waals surface area contributed by atoms with Crippen LogP contribution in [0.4, 0.5) is 5.69 Å². The number of aromatic nitrogens is 2. The minimum atomic E-state index is -3.84. The topological polar surface area (TPSA) is 64.0 Å². The van der Waals surface area contributed by atoms with Crippen LogP contribution in [0.1, 0.15) is 0 Å². The molecule has 0 bridgehead atoms. The van der Waals surface area contributed by atoms with E-state index in [0.717, 1.165) is 3.57 Å². The van der Waals surface area contributed by atoms with E-state index in [9.17, 15) is 8.42 Å². The average molecular weight is 432 g/mol. The van der Waals surface area contributed by atoms with E-state index >= 15 is 0 Å². The van der Waals surface area contributed by atoms with Crippen LogP contribution in [-0.2, 0) is 17.1 Å². The zero-order valence-corrected chi connectivity index (χ0v) is 14.0. The number of rotatable bonds is 3. The molecule has 0 saturated heterocycles. The standard InChI is InChI=1S/C10H8Cl2IN3O2S/c1-16-10(8(12)5-14-16)19(17,18)15-9-3-2-6(13)4-7(9)11/h2-5,15H,1H3. The highest BCUT2D eigenvalue weighted by molar-refractivity contribution is 14.1. The number of anilines is 1. The molecular weight excluding hydrogens is 424 g/mol. The summed E-state index contributed by atoms with van der Waals surface area (Å²) in [6.45, 7) is 0. The van der Waals surface area contributed by atoms with Gasteiger partial charge in [0.05, 0.1) is 21.9 Å². The molecule has 102 valence electrons. The van der Waals surface area contributed by atoms with Gasteiger partial charge >= 0.3 is 0 Å². The van der Waals surface area contributed by atoms with Crippen molar-refractivity contribution in [2.45, 2.75) is 5.03 Å². The molecule has 0 fully saturated rings. The molecule has 0 unspecified atom stereocenters. The van der Waals surface area contributed by atoms with Gasteiger partial charge in [-0.1, -0.05) is 23.2 Å². The molecule has 2 rings (SSSR count). The van der Waals surface area contributed by atoms with Crippen molar-refractivity contribution >= 4 is 61.5 Å². The van der Waals surface area contributed by atoms with Gasteiger partial charge in [0.25, 0.3) is 10.0 Å². The summed E-state index contributed by atoms with van der Waals surface area (Å²) in [6.07, 6.45) is 1.27. The number of hydrogen-bond acceptors (Lipinski definition) is 3. The quantitative estimate of drug-likeness (QED) is 0.759. The lowest BCUT2D eigenvalue weighted by molar-refractivity contribution is 0.582. The van der Waals surface area contributed by atoms with Crippen LogP contribution in [-0.4, -0.2) is 18.2 Å². The largest absolute Gasteiger partial charge is 0.280 e. The minimum Gasteiger partial charge on any atom is -0.277 e. The molecule has 1 aromatic carbocycles. The van der Waals surface area contributed by atoms with Crippen molar-refractivity contribution in [2.75, 3.05) is 4.72 Å². The van der Waals surface area contributed by atoms with Crippen LogP contribution in [0.5, 0.6) is 0 Å². The number of sulfonamides is 1. The fourth-order valence-electron chi connectivity index (χ4n) is 1.47. The van der Waals surface area contributed by atoms with E-state index in [1.165, 1.54) is 17.9 Å². The van der Waals surface area contributed by atoms with E-state index in [0.29, 0.717) is 10.7 Å². The highest BCUT2D eigenvalue weighted by atomic mass is 127. The molecule has 2 aromatic rings. The molecule has 1 aromatic heterocycles. The van der Waals surface area contributed by atoms with Crippen LogP contribution >= 0.6 is 45.8 Å². The molecule has 0 saturated carbocycles. The van der Waals surface area contributed by atoms with E-state index in [-0.39, 0.29) is 10.0 Å². The molecule has 0 spiro atoms. The van der Waals surface area contributed by atoms with E-state index in [2.05, 4.69) is 32.4 Å². The Balaban J connectivity index is 2.42. The number of hydrogen-bond donors (Lipinski definition) is 1. The summed E-state index contributed by atoms with van der Waals surface area (Å²) < 4.78 is 28.9. The summed E-state index contributed by atoms with van der Waals surface area (Å²) in [5, 5.41) is 4.05. The predicted octanol–water partition coefficient (Wildman–Crippen LogP) is 3.13. The zero-order chi connectivity index (χ0) is 14.2. The van der Waals surface area contributed by atoms with Crippen LogP contribution in [0, 0.1) is 3.57 Å². The Labute approximate surface area is 134 Å². The van der Waals surface area contributed by atoms with Crippen molar-refractivity contribution in [1.29, 1.82) is 0 Å². The summed E-state index contributed by atoms with van der Waals surface area (Å²) in [6, 6.07) is 4.99. The van der Waals surface area contributed by atoms with Crippen LogP contribution < -0.4 is 4.72 Å². The van der Waals surface area contributed by atoms with Crippen molar-refractivity contribution in [3.63, 3.8) is 0 Å². The van der Waals surface area contributed by atoms with Crippen LogP contribution in [0.3, 0.4) is 0 Å². The molecule has 9 heteroatoms. The van der Waals surface area contributed by atoms with Gasteiger partial charge in [-0.05, 0) is 40.8 Å². The molecule has 19 heavy (non-hydrogen) atoms. The molecule has 0 aliphatic rings. The van der Waals surface area contributed by atoms with E-state index in [1.807, 2.05) is 0 Å². The third-order valence-corrected chi connectivity index (χ3v) is 5.13. The summed E-state index contributed by atoms with van der Waals surface area (Å²) in [5.74, 6) is 0. The van der Waals surface area contributed by atoms with Gasteiger partial charge in [0.15, 0.2) is 5.03 Å². The highest BCUT2D eigenvalue weighted by Crippen LogP contribution is 2.28. The summed E-state index contributed by atoms with van der Waals surface area (Å²) >= 11 is 13.9. The summed E-state index contributed by atoms with van der Waals surface area (Å²) in [7, 11) is -2.34. The minimum absolute atomic E-state index is 0.0524. The molecule has 1 N–H and O–H groups in total. The molecule has 0 aliphatic carbocycles. The molecule has 0 aliphatic heterocycles. The fraction of sp³-hybridized carbons (Fsp3) is 0.100. The van der Waals surface area contributed by atoms with Crippen LogP contribution in [0.2, 0.25) is 10.0 Å². The normalized spacial score (nSPS) is 11.6. The number of halogens is 3. The first kappa shape index (κ1) is 14.9. The van der Waals surface area contributed by atoms with Crippen molar-refractivity contribution in [2.24, 2.45) is 7.05 Å². The summed E-state index contributed by atoms with van der Waals surface area (Å²) in [4.78, 5) is 0. The maximum Gasteiger partial charge on any atom is 0.280 e. The maximum atomic E-state index is 12.2. The highest BCUT2D eigenvalue weighted by Gasteiger charge is 2.23. The number of nitrogens with zero attached hydrogens (tertiary/aromatic N) is 2. The lowest BCUT2D eigenvalue weighted by Gasteiger charge is -2.10. The van der Waals surface area contributed by atoms with Gasteiger partial charge in [0.1, 0.15) is 0 Å². The van der Waals surface area contributed by atoms with Crippen molar-refractivity contribution in [3.8, 4) is 0 Å². The monoisotopic (exact) mass is 431 g/mol.